The summed E-state index contributed by atoms with van der Waals surface area (Å²) in [5, 5.41) is 9.77. The molecule has 2 atom stereocenters. The molecule has 0 saturated heterocycles. The molecule has 0 radical (unpaired) electrons. The number of hydrogen-bond donors (Lipinski definition) is 1. The maximum Gasteiger partial charge on any atom is 0.311 e. The summed E-state index contributed by atoms with van der Waals surface area (Å²) in [6.07, 6.45) is 1.53. The SMILES string of the molecule is COCCOC(=O)C(C)(C)CC(CC(C)c1ccc(-c2ccccc2)cc1)c1ccc(O)cc1. The van der Waals surface area contributed by atoms with Crippen LogP contribution in [0.2, 0.25) is 0 Å². The Morgan fingerprint density at radius 2 is 1.44 bits per heavy atom. The molecule has 4 nitrogen and oxygen atoms in total. The molecule has 0 fully saturated rings. The van der Waals surface area contributed by atoms with Gasteiger partial charge in [0.25, 0.3) is 0 Å². The van der Waals surface area contributed by atoms with E-state index in [4.69, 9.17) is 9.47 Å². The normalized spacial score (nSPS) is 13.3. The average molecular weight is 461 g/mol. The predicted octanol–water partition coefficient (Wildman–Crippen LogP) is 6.94. The van der Waals surface area contributed by atoms with Crippen LogP contribution in [0.3, 0.4) is 0 Å². The quantitative estimate of drug-likeness (QED) is 0.249. The Balaban J connectivity index is 1.77. The number of carbonyl (C=O) groups excluding carboxylic acids is 1. The lowest BCUT2D eigenvalue weighted by atomic mass is 9.75. The molecule has 3 aromatic rings. The van der Waals surface area contributed by atoms with E-state index in [1.165, 1.54) is 16.7 Å². The second kappa shape index (κ2) is 11.8. The standard InChI is InChI=1S/C30H36O4/c1-22(23-10-12-25(13-11-23)24-8-6-5-7-9-24)20-27(26-14-16-28(31)17-15-26)21-30(2,3)29(32)34-19-18-33-4/h5-17,22,27,31H,18-21H2,1-4H3. The lowest BCUT2D eigenvalue weighted by Gasteiger charge is -2.30. The summed E-state index contributed by atoms with van der Waals surface area (Å²) in [5.41, 5.74) is 4.14. The van der Waals surface area contributed by atoms with Crippen molar-refractivity contribution in [3.8, 4) is 16.9 Å². The van der Waals surface area contributed by atoms with E-state index >= 15 is 0 Å². The van der Waals surface area contributed by atoms with E-state index in [9.17, 15) is 9.90 Å². The number of methoxy groups -OCH3 is 1. The highest BCUT2D eigenvalue weighted by molar-refractivity contribution is 5.76. The minimum Gasteiger partial charge on any atom is -0.508 e. The van der Waals surface area contributed by atoms with E-state index in [0.29, 0.717) is 18.9 Å². The van der Waals surface area contributed by atoms with E-state index in [1.807, 2.05) is 32.0 Å². The number of aromatic hydroxyl groups is 1. The molecule has 180 valence electrons. The predicted molar refractivity (Wildman–Crippen MR) is 137 cm³/mol. The van der Waals surface area contributed by atoms with Crippen molar-refractivity contribution in [2.24, 2.45) is 5.41 Å². The molecule has 0 spiro atoms. The van der Waals surface area contributed by atoms with Gasteiger partial charge in [-0.1, -0.05) is 73.7 Å². The summed E-state index contributed by atoms with van der Waals surface area (Å²) in [5.74, 6) is 0.455. The first-order valence-corrected chi connectivity index (χ1v) is 11.9. The van der Waals surface area contributed by atoms with Crippen molar-refractivity contribution in [1.29, 1.82) is 0 Å². The van der Waals surface area contributed by atoms with E-state index in [-0.39, 0.29) is 24.2 Å². The first kappa shape index (κ1) is 25.5. The number of esters is 1. The molecule has 0 aliphatic heterocycles. The number of phenolic OH excluding ortho intramolecular Hbond substituents is 1. The Hall–Kier alpha value is -3.11. The van der Waals surface area contributed by atoms with Crippen molar-refractivity contribution < 1.29 is 19.4 Å². The van der Waals surface area contributed by atoms with Gasteiger partial charge in [0.15, 0.2) is 0 Å². The highest BCUT2D eigenvalue weighted by Crippen LogP contribution is 2.39. The Labute approximate surface area is 203 Å². The van der Waals surface area contributed by atoms with Gasteiger partial charge in [0.05, 0.1) is 12.0 Å². The topological polar surface area (TPSA) is 55.8 Å². The fourth-order valence-corrected chi connectivity index (χ4v) is 4.39. The lowest BCUT2D eigenvalue weighted by molar-refractivity contribution is -0.155. The van der Waals surface area contributed by atoms with Crippen LogP contribution < -0.4 is 0 Å². The van der Waals surface area contributed by atoms with Crippen LogP contribution in [0.1, 0.15) is 56.6 Å². The molecule has 2 unspecified atom stereocenters. The monoisotopic (exact) mass is 460 g/mol. The fourth-order valence-electron chi connectivity index (χ4n) is 4.39. The average Bonchev–Trinajstić information content (AvgIpc) is 2.84. The van der Waals surface area contributed by atoms with E-state index in [2.05, 4.69) is 55.5 Å². The van der Waals surface area contributed by atoms with Crippen LogP contribution >= 0.6 is 0 Å². The van der Waals surface area contributed by atoms with Gasteiger partial charge in [-0.2, -0.15) is 0 Å². The van der Waals surface area contributed by atoms with Gasteiger partial charge < -0.3 is 14.6 Å². The molecule has 3 aromatic carbocycles. The number of rotatable bonds is 11. The van der Waals surface area contributed by atoms with Gasteiger partial charge >= 0.3 is 5.97 Å². The molecule has 0 aromatic heterocycles. The molecule has 0 aliphatic carbocycles. The van der Waals surface area contributed by atoms with Gasteiger partial charge in [-0.3, -0.25) is 4.79 Å². The molecule has 0 amide bonds. The Morgan fingerprint density at radius 1 is 0.853 bits per heavy atom. The summed E-state index contributed by atoms with van der Waals surface area (Å²) in [6, 6.07) is 26.5. The van der Waals surface area contributed by atoms with Crippen LogP contribution in [0.15, 0.2) is 78.9 Å². The number of ether oxygens (including phenoxy) is 2. The second-order valence-corrected chi connectivity index (χ2v) is 9.63. The Bertz CT molecular complexity index is 1020. The maximum atomic E-state index is 12.8. The lowest BCUT2D eigenvalue weighted by Crippen LogP contribution is -2.30. The minimum absolute atomic E-state index is 0.134. The molecular weight excluding hydrogens is 424 g/mol. The highest BCUT2D eigenvalue weighted by atomic mass is 16.6. The zero-order valence-electron chi connectivity index (χ0n) is 20.7. The summed E-state index contributed by atoms with van der Waals surface area (Å²) < 4.78 is 10.4. The highest BCUT2D eigenvalue weighted by Gasteiger charge is 2.33. The van der Waals surface area contributed by atoms with E-state index in [1.54, 1.807) is 19.2 Å². The van der Waals surface area contributed by atoms with Crippen LogP contribution in [-0.4, -0.2) is 31.4 Å². The van der Waals surface area contributed by atoms with Crippen LogP contribution in [0.4, 0.5) is 0 Å². The Kier molecular flexibility index (Phi) is 8.89. The maximum absolute atomic E-state index is 12.8. The fraction of sp³-hybridized carbons (Fsp3) is 0.367. The van der Waals surface area contributed by atoms with Gasteiger partial charge in [0.2, 0.25) is 0 Å². The van der Waals surface area contributed by atoms with Crippen molar-refractivity contribution in [3.63, 3.8) is 0 Å². The van der Waals surface area contributed by atoms with Crippen LogP contribution in [0, 0.1) is 5.41 Å². The third-order valence-corrected chi connectivity index (χ3v) is 6.42. The summed E-state index contributed by atoms with van der Waals surface area (Å²) in [4.78, 5) is 12.8. The molecule has 0 heterocycles. The van der Waals surface area contributed by atoms with E-state index < -0.39 is 5.41 Å². The second-order valence-electron chi connectivity index (χ2n) is 9.63. The van der Waals surface area contributed by atoms with Crippen molar-refractivity contribution in [2.45, 2.75) is 45.4 Å². The minimum atomic E-state index is -0.646. The van der Waals surface area contributed by atoms with Gasteiger partial charge in [-0.15, -0.1) is 0 Å². The molecule has 4 heteroatoms. The molecule has 34 heavy (non-hydrogen) atoms. The number of hydrogen-bond acceptors (Lipinski definition) is 4. The van der Waals surface area contributed by atoms with Crippen LogP contribution in [0.5, 0.6) is 5.75 Å². The van der Waals surface area contributed by atoms with Gasteiger partial charge in [0, 0.05) is 7.11 Å². The zero-order valence-corrected chi connectivity index (χ0v) is 20.7. The van der Waals surface area contributed by atoms with Gasteiger partial charge in [-0.25, -0.2) is 0 Å². The molecule has 1 N–H and O–H groups in total. The van der Waals surface area contributed by atoms with Crippen molar-refractivity contribution in [3.05, 3.63) is 90.0 Å². The summed E-state index contributed by atoms with van der Waals surface area (Å²) in [7, 11) is 1.59. The molecular formula is C30H36O4. The zero-order chi connectivity index (χ0) is 24.6. The molecule has 0 aliphatic rings. The molecule has 3 rings (SSSR count). The first-order valence-electron chi connectivity index (χ1n) is 11.9. The number of benzene rings is 3. The molecule has 0 saturated carbocycles. The Morgan fingerprint density at radius 3 is 2.06 bits per heavy atom. The van der Waals surface area contributed by atoms with Crippen LogP contribution in [0.25, 0.3) is 11.1 Å². The van der Waals surface area contributed by atoms with Crippen LogP contribution in [-0.2, 0) is 14.3 Å². The van der Waals surface area contributed by atoms with Crippen molar-refractivity contribution >= 4 is 5.97 Å². The summed E-state index contributed by atoms with van der Waals surface area (Å²) >= 11 is 0. The summed E-state index contributed by atoms with van der Waals surface area (Å²) in [6.45, 7) is 6.75. The van der Waals surface area contributed by atoms with Crippen molar-refractivity contribution in [2.75, 3.05) is 20.3 Å². The smallest absolute Gasteiger partial charge is 0.311 e. The third kappa shape index (κ3) is 6.94. The molecule has 0 bridgehead atoms. The van der Waals surface area contributed by atoms with E-state index in [0.717, 1.165) is 12.0 Å². The van der Waals surface area contributed by atoms with Crippen molar-refractivity contribution in [1.82, 2.24) is 0 Å². The largest absolute Gasteiger partial charge is 0.508 e. The first-order chi connectivity index (χ1) is 16.3. The number of carbonyl (C=O) groups is 1. The van der Waals surface area contributed by atoms with Gasteiger partial charge in [0.1, 0.15) is 12.4 Å². The number of phenols is 1. The van der Waals surface area contributed by atoms with Gasteiger partial charge in [-0.05, 0) is 72.9 Å². The third-order valence-electron chi connectivity index (χ3n) is 6.42.